The fourth-order valence-corrected chi connectivity index (χ4v) is 4.43. The second-order valence-corrected chi connectivity index (χ2v) is 7.98. The number of phenolic OH excluding ortho intramolecular Hbond substituents is 1. The summed E-state index contributed by atoms with van der Waals surface area (Å²) in [7, 11) is -3.10. The van der Waals surface area contributed by atoms with Crippen molar-refractivity contribution in [2.45, 2.75) is 20.3 Å². The molecule has 0 spiro atoms. The Morgan fingerprint density at radius 2 is 2.12 bits per heavy atom. The van der Waals surface area contributed by atoms with Crippen LogP contribution >= 0.6 is 0 Å². The number of rotatable bonds is 6. The minimum Gasteiger partial charge on any atom is -0.507 e. The van der Waals surface area contributed by atoms with Crippen molar-refractivity contribution in [3.63, 3.8) is 0 Å². The number of nitrogens with zero attached hydrogens (tertiary/aromatic N) is 2. The molecule has 132 valence electrons. The summed E-state index contributed by atoms with van der Waals surface area (Å²) >= 11 is 0. The summed E-state index contributed by atoms with van der Waals surface area (Å²) in [5.74, 6) is -0.973. The van der Waals surface area contributed by atoms with Crippen molar-refractivity contribution in [2.75, 3.05) is 29.5 Å². The third-order valence-corrected chi connectivity index (χ3v) is 5.89. The summed E-state index contributed by atoms with van der Waals surface area (Å²) in [6.07, 6.45) is 1.68. The predicted molar refractivity (Wildman–Crippen MR) is 94.2 cm³/mol. The molecule has 8 heteroatoms. The second kappa shape index (κ2) is 7.65. The molecule has 1 aromatic carbocycles. The van der Waals surface area contributed by atoms with Crippen LogP contribution in [0.1, 0.15) is 25.8 Å². The zero-order valence-corrected chi connectivity index (χ0v) is 14.7. The fourth-order valence-electron chi connectivity index (χ4n) is 2.69. The molecule has 0 saturated carbocycles. The summed E-state index contributed by atoms with van der Waals surface area (Å²) in [5.41, 5.74) is 3.73. The lowest BCUT2D eigenvalue weighted by atomic mass is 10.1. The van der Waals surface area contributed by atoms with Crippen LogP contribution in [0.2, 0.25) is 0 Å². The van der Waals surface area contributed by atoms with Gasteiger partial charge < -0.3 is 10.0 Å². The van der Waals surface area contributed by atoms with E-state index in [2.05, 4.69) is 15.4 Å². The van der Waals surface area contributed by atoms with Crippen molar-refractivity contribution in [1.29, 1.82) is 0 Å². The average Bonchev–Trinajstić information content (AvgIpc) is 2.90. The highest BCUT2D eigenvalue weighted by molar-refractivity contribution is 7.91. The molecule has 1 fully saturated rings. The molecule has 1 aromatic rings. The fraction of sp³-hybridized carbons (Fsp3) is 0.500. The highest BCUT2D eigenvalue weighted by Gasteiger charge is 2.32. The molecule has 0 aliphatic carbocycles. The molecule has 1 amide bonds. The molecule has 7 nitrogen and oxygen atoms in total. The maximum absolute atomic E-state index is 11.9. The summed E-state index contributed by atoms with van der Waals surface area (Å²) in [6, 6.07) is 5.25. The lowest BCUT2D eigenvalue weighted by Crippen LogP contribution is -2.27. The maximum Gasteiger partial charge on any atom is 0.244 e. The Kier molecular flexibility index (Phi) is 5.82. The van der Waals surface area contributed by atoms with Crippen LogP contribution in [0, 0.1) is 5.92 Å². The Hall–Kier alpha value is -2.09. The van der Waals surface area contributed by atoms with Gasteiger partial charge in [0.2, 0.25) is 5.91 Å². The minimum absolute atomic E-state index is 0.0441. The Morgan fingerprint density at radius 1 is 1.42 bits per heavy atom. The maximum atomic E-state index is 11.9. The molecule has 1 heterocycles. The normalized spacial score (nSPS) is 19.5. The number of carbonyl (C=O) groups is 1. The van der Waals surface area contributed by atoms with Gasteiger partial charge in [-0.15, -0.1) is 0 Å². The number of benzene rings is 1. The molecule has 0 aromatic heterocycles. The van der Waals surface area contributed by atoms with E-state index in [9.17, 15) is 18.3 Å². The molecular formula is C16H23N3O4S. The largest absolute Gasteiger partial charge is 0.507 e. The Bertz CT molecular complexity index is 727. The number of aromatic hydroxyl groups is 1. The summed E-state index contributed by atoms with van der Waals surface area (Å²) < 4.78 is 22.7. The van der Waals surface area contributed by atoms with Gasteiger partial charge in [0.15, 0.2) is 9.84 Å². The first-order valence-corrected chi connectivity index (χ1v) is 9.79. The van der Waals surface area contributed by atoms with Crippen LogP contribution in [0.15, 0.2) is 23.3 Å². The summed E-state index contributed by atoms with van der Waals surface area (Å²) in [6.45, 7) is 5.75. The first kappa shape index (κ1) is 18.3. The van der Waals surface area contributed by atoms with Crippen LogP contribution in [0.5, 0.6) is 5.75 Å². The van der Waals surface area contributed by atoms with E-state index in [1.807, 2.05) is 19.9 Å². The number of phenols is 1. The second-order valence-electron chi connectivity index (χ2n) is 5.75. The average molecular weight is 353 g/mol. The van der Waals surface area contributed by atoms with Gasteiger partial charge in [0.25, 0.3) is 0 Å². The van der Waals surface area contributed by atoms with Gasteiger partial charge in [-0.1, -0.05) is 0 Å². The standard InChI is InChI=1S/C16H23N3O4S/c1-3-19(4-2)14-6-5-12(15(20)9-14)10-17-18-16(21)13-7-8-24(22,23)11-13/h5-6,9-10,13,20H,3-4,7-8,11H2,1-2H3,(H,18,21)/b17-10+/t13-/m0/s1. The van der Waals surface area contributed by atoms with Gasteiger partial charge in [0.1, 0.15) is 5.75 Å². The van der Waals surface area contributed by atoms with Crippen LogP contribution in [0.4, 0.5) is 5.69 Å². The highest BCUT2D eigenvalue weighted by Crippen LogP contribution is 2.23. The smallest absolute Gasteiger partial charge is 0.244 e. The molecule has 1 atom stereocenters. The summed E-state index contributed by atoms with van der Waals surface area (Å²) in [5, 5.41) is 13.9. The van der Waals surface area contributed by atoms with Gasteiger partial charge in [-0.25, -0.2) is 13.8 Å². The Morgan fingerprint density at radius 3 is 2.67 bits per heavy atom. The number of hydrazone groups is 1. The molecule has 1 aliphatic heterocycles. The van der Waals surface area contributed by atoms with E-state index in [1.54, 1.807) is 12.1 Å². The van der Waals surface area contributed by atoms with E-state index in [0.29, 0.717) is 12.0 Å². The monoisotopic (exact) mass is 353 g/mol. The van der Waals surface area contributed by atoms with Crippen LogP contribution < -0.4 is 10.3 Å². The molecule has 0 radical (unpaired) electrons. The molecule has 2 N–H and O–H groups in total. The van der Waals surface area contributed by atoms with Gasteiger partial charge in [0.05, 0.1) is 23.6 Å². The zero-order valence-electron chi connectivity index (χ0n) is 13.9. The molecule has 0 bridgehead atoms. The van der Waals surface area contributed by atoms with Crippen LogP contribution in [0.3, 0.4) is 0 Å². The first-order valence-electron chi connectivity index (χ1n) is 7.97. The topological polar surface area (TPSA) is 99.1 Å². The van der Waals surface area contributed by atoms with Crippen molar-refractivity contribution < 1.29 is 18.3 Å². The lowest BCUT2D eigenvalue weighted by Gasteiger charge is -2.21. The zero-order chi connectivity index (χ0) is 17.7. The quantitative estimate of drug-likeness (QED) is 0.590. The minimum atomic E-state index is -3.10. The molecule has 2 rings (SSSR count). The van der Waals surface area contributed by atoms with Crippen molar-refractivity contribution in [3.8, 4) is 5.75 Å². The highest BCUT2D eigenvalue weighted by atomic mass is 32.2. The van der Waals surface area contributed by atoms with Crippen LogP contribution in [0.25, 0.3) is 0 Å². The lowest BCUT2D eigenvalue weighted by molar-refractivity contribution is -0.124. The van der Waals surface area contributed by atoms with Gasteiger partial charge >= 0.3 is 0 Å². The number of hydrogen-bond acceptors (Lipinski definition) is 6. The number of carbonyl (C=O) groups excluding carboxylic acids is 1. The van der Waals surface area contributed by atoms with Crippen LogP contribution in [-0.2, 0) is 14.6 Å². The van der Waals surface area contributed by atoms with E-state index in [-0.39, 0.29) is 17.3 Å². The van der Waals surface area contributed by atoms with Gasteiger partial charge in [-0.05, 0) is 32.4 Å². The van der Waals surface area contributed by atoms with E-state index < -0.39 is 21.7 Å². The number of anilines is 1. The molecule has 1 aliphatic rings. The summed E-state index contributed by atoms with van der Waals surface area (Å²) in [4.78, 5) is 14.0. The number of amides is 1. The third kappa shape index (κ3) is 4.47. The van der Waals surface area contributed by atoms with Gasteiger partial charge in [-0.2, -0.15) is 5.10 Å². The van der Waals surface area contributed by atoms with Gasteiger partial charge in [-0.3, -0.25) is 4.79 Å². The third-order valence-electron chi connectivity index (χ3n) is 4.12. The van der Waals surface area contributed by atoms with Crippen molar-refractivity contribution in [1.82, 2.24) is 5.43 Å². The van der Waals surface area contributed by atoms with Crippen molar-refractivity contribution >= 4 is 27.6 Å². The molecule has 1 saturated heterocycles. The predicted octanol–water partition coefficient (Wildman–Crippen LogP) is 1.12. The van der Waals surface area contributed by atoms with Crippen LogP contribution in [-0.4, -0.2) is 50.2 Å². The first-order chi connectivity index (χ1) is 11.4. The van der Waals surface area contributed by atoms with E-state index in [0.717, 1.165) is 18.8 Å². The van der Waals surface area contributed by atoms with Crippen molar-refractivity contribution in [3.05, 3.63) is 23.8 Å². The van der Waals surface area contributed by atoms with Gasteiger partial charge in [0, 0.05) is 30.4 Å². The Balaban J connectivity index is 1.98. The number of sulfone groups is 1. The van der Waals surface area contributed by atoms with E-state index in [1.165, 1.54) is 6.21 Å². The molecule has 0 unspecified atom stereocenters. The van der Waals surface area contributed by atoms with E-state index in [4.69, 9.17) is 0 Å². The number of nitrogens with one attached hydrogen (secondary N) is 1. The van der Waals surface area contributed by atoms with E-state index >= 15 is 0 Å². The van der Waals surface area contributed by atoms with Crippen molar-refractivity contribution in [2.24, 2.45) is 11.0 Å². The Labute approximate surface area is 142 Å². The molecular weight excluding hydrogens is 330 g/mol. The number of hydrogen-bond donors (Lipinski definition) is 2. The molecule has 24 heavy (non-hydrogen) atoms. The SMILES string of the molecule is CCN(CC)c1ccc(/C=N/NC(=O)[C@H]2CCS(=O)(=O)C2)c(O)c1.